The van der Waals surface area contributed by atoms with Crippen molar-refractivity contribution < 1.29 is 14.7 Å². The average Bonchev–Trinajstić information content (AvgIpc) is 2.13. The maximum absolute atomic E-state index is 10.9. The lowest BCUT2D eigenvalue weighted by molar-refractivity contribution is 0.150. The Kier molecular flexibility index (Phi) is 5.42. The molecule has 0 aliphatic heterocycles. The second-order valence-corrected chi connectivity index (χ2v) is 2.35. The zero-order valence-corrected chi connectivity index (χ0v) is 7.78. The molecule has 0 aromatic heterocycles. The third-order valence-corrected chi connectivity index (χ3v) is 1.45. The van der Waals surface area contributed by atoms with Crippen LogP contribution < -0.4 is 11.1 Å². The molecule has 0 aromatic rings. The molecule has 6 nitrogen and oxygen atoms in total. The minimum Gasteiger partial charge on any atom is -0.450 e. The third-order valence-electron chi connectivity index (χ3n) is 1.45. The first-order valence-electron chi connectivity index (χ1n) is 4.06. The number of amidine groups is 1. The van der Waals surface area contributed by atoms with Crippen LogP contribution in [0.15, 0.2) is 5.16 Å². The predicted molar refractivity (Wildman–Crippen MR) is 47.6 cm³/mol. The number of alkyl carbamates (subject to hydrolysis) is 1. The number of nitrogens with one attached hydrogen (secondary N) is 1. The second kappa shape index (κ2) is 6.10. The highest BCUT2D eigenvalue weighted by atomic mass is 16.5. The molecule has 0 rings (SSSR count). The van der Waals surface area contributed by atoms with Gasteiger partial charge in [0.1, 0.15) is 0 Å². The van der Waals surface area contributed by atoms with E-state index in [-0.39, 0.29) is 5.84 Å². The van der Waals surface area contributed by atoms with Crippen molar-refractivity contribution in [2.24, 2.45) is 10.9 Å². The zero-order valence-electron chi connectivity index (χ0n) is 7.78. The molecule has 1 atom stereocenters. The summed E-state index contributed by atoms with van der Waals surface area (Å²) in [7, 11) is 0. The van der Waals surface area contributed by atoms with Gasteiger partial charge in [0, 0.05) is 0 Å². The minimum absolute atomic E-state index is 0.0319. The van der Waals surface area contributed by atoms with E-state index in [1.807, 2.05) is 0 Å². The number of rotatable bonds is 4. The summed E-state index contributed by atoms with van der Waals surface area (Å²) >= 11 is 0. The SMILES string of the molecule is CCOC(=O)NC(CC)/C(N)=N/O. The van der Waals surface area contributed by atoms with Crippen LogP contribution in [0.1, 0.15) is 20.3 Å². The van der Waals surface area contributed by atoms with Gasteiger partial charge < -0.3 is 21.0 Å². The largest absolute Gasteiger partial charge is 0.450 e. The monoisotopic (exact) mass is 189 g/mol. The molecule has 0 saturated carbocycles. The fraction of sp³-hybridized carbons (Fsp3) is 0.714. The number of ether oxygens (including phenoxy) is 1. The highest BCUT2D eigenvalue weighted by molar-refractivity contribution is 5.88. The molecular formula is C7H15N3O3. The molecule has 76 valence electrons. The van der Waals surface area contributed by atoms with Crippen LogP contribution in [-0.2, 0) is 4.74 Å². The summed E-state index contributed by atoms with van der Waals surface area (Å²) in [5.74, 6) is -0.0319. The van der Waals surface area contributed by atoms with E-state index in [2.05, 4.69) is 15.2 Å². The summed E-state index contributed by atoms with van der Waals surface area (Å²) in [5.41, 5.74) is 5.30. The van der Waals surface area contributed by atoms with Gasteiger partial charge >= 0.3 is 6.09 Å². The summed E-state index contributed by atoms with van der Waals surface area (Å²) in [6, 6.07) is -0.482. The van der Waals surface area contributed by atoms with E-state index in [9.17, 15) is 4.79 Å². The maximum atomic E-state index is 10.9. The van der Waals surface area contributed by atoms with Gasteiger partial charge in [-0.05, 0) is 13.3 Å². The topological polar surface area (TPSA) is 96.9 Å². The highest BCUT2D eigenvalue weighted by Crippen LogP contribution is 1.92. The van der Waals surface area contributed by atoms with Crippen LogP contribution in [0.2, 0.25) is 0 Å². The average molecular weight is 189 g/mol. The van der Waals surface area contributed by atoms with Gasteiger partial charge in [-0.1, -0.05) is 12.1 Å². The first-order chi connectivity index (χ1) is 6.15. The van der Waals surface area contributed by atoms with Crippen molar-refractivity contribution in [2.75, 3.05) is 6.61 Å². The molecule has 0 aliphatic rings. The Hall–Kier alpha value is -1.46. The van der Waals surface area contributed by atoms with Crippen molar-refractivity contribution in [3.05, 3.63) is 0 Å². The van der Waals surface area contributed by atoms with Crippen molar-refractivity contribution in [3.8, 4) is 0 Å². The molecule has 0 spiro atoms. The van der Waals surface area contributed by atoms with Gasteiger partial charge in [0.15, 0.2) is 5.84 Å². The Morgan fingerprint density at radius 2 is 2.31 bits per heavy atom. The molecule has 4 N–H and O–H groups in total. The Morgan fingerprint density at radius 3 is 2.69 bits per heavy atom. The smallest absolute Gasteiger partial charge is 0.407 e. The van der Waals surface area contributed by atoms with Crippen LogP contribution in [0, 0.1) is 0 Å². The van der Waals surface area contributed by atoms with Crippen LogP contribution >= 0.6 is 0 Å². The van der Waals surface area contributed by atoms with Crippen LogP contribution in [0.3, 0.4) is 0 Å². The fourth-order valence-electron chi connectivity index (χ4n) is 0.770. The molecule has 0 radical (unpaired) electrons. The molecule has 0 fully saturated rings. The standard InChI is InChI=1S/C7H15N3O3/c1-3-5(6(8)10-12)9-7(11)13-4-2/h5,12H,3-4H2,1-2H3,(H2,8,10)(H,9,11). The van der Waals surface area contributed by atoms with Gasteiger partial charge in [0.2, 0.25) is 0 Å². The Morgan fingerprint density at radius 1 is 1.69 bits per heavy atom. The fourth-order valence-corrected chi connectivity index (χ4v) is 0.770. The minimum atomic E-state index is -0.569. The summed E-state index contributed by atoms with van der Waals surface area (Å²) in [5, 5.41) is 13.6. The van der Waals surface area contributed by atoms with E-state index in [1.54, 1.807) is 13.8 Å². The number of hydrogen-bond acceptors (Lipinski definition) is 4. The summed E-state index contributed by atoms with van der Waals surface area (Å²) < 4.78 is 4.63. The number of amides is 1. The van der Waals surface area contributed by atoms with E-state index in [1.165, 1.54) is 0 Å². The van der Waals surface area contributed by atoms with Crippen molar-refractivity contribution in [1.29, 1.82) is 0 Å². The Balaban J connectivity index is 4.05. The summed E-state index contributed by atoms with van der Waals surface area (Å²) in [6.45, 7) is 3.79. The molecule has 1 amide bonds. The second-order valence-electron chi connectivity index (χ2n) is 2.35. The summed E-state index contributed by atoms with van der Waals surface area (Å²) in [4.78, 5) is 10.9. The number of nitrogens with two attached hydrogens (primary N) is 1. The van der Waals surface area contributed by atoms with Crippen LogP contribution in [0.5, 0.6) is 0 Å². The summed E-state index contributed by atoms with van der Waals surface area (Å²) in [6.07, 6.45) is -0.0321. The lowest BCUT2D eigenvalue weighted by Gasteiger charge is -2.14. The van der Waals surface area contributed by atoms with E-state index in [0.29, 0.717) is 13.0 Å². The predicted octanol–water partition coefficient (Wildman–Crippen LogP) is 0.258. The molecule has 6 heteroatoms. The molecule has 0 saturated heterocycles. The van der Waals surface area contributed by atoms with Crippen molar-refractivity contribution in [2.45, 2.75) is 26.3 Å². The number of oxime groups is 1. The maximum Gasteiger partial charge on any atom is 0.407 e. The third kappa shape index (κ3) is 4.19. The van der Waals surface area contributed by atoms with Crippen molar-refractivity contribution in [1.82, 2.24) is 5.32 Å². The number of carbonyl (C=O) groups is 1. The van der Waals surface area contributed by atoms with Crippen LogP contribution in [-0.4, -0.2) is 29.8 Å². The van der Waals surface area contributed by atoms with Gasteiger partial charge in [-0.2, -0.15) is 0 Å². The van der Waals surface area contributed by atoms with Gasteiger partial charge in [-0.15, -0.1) is 0 Å². The van der Waals surface area contributed by atoms with Gasteiger partial charge in [-0.3, -0.25) is 0 Å². The van der Waals surface area contributed by atoms with E-state index in [0.717, 1.165) is 0 Å². The van der Waals surface area contributed by atoms with Crippen molar-refractivity contribution >= 4 is 11.9 Å². The highest BCUT2D eigenvalue weighted by Gasteiger charge is 2.14. The Bertz CT molecular complexity index is 193. The molecule has 0 heterocycles. The molecule has 0 bridgehead atoms. The lowest BCUT2D eigenvalue weighted by atomic mass is 10.2. The number of nitrogens with zero attached hydrogens (tertiary/aromatic N) is 1. The first-order valence-corrected chi connectivity index (χ1v) is 4.06. The molecule has 0 aliphatic carbocycles. The van der Waals surface area contributed by atoms with E-state index in [4.69, 9.17) is 10.9 Å². The number of hydrogen-bond donors (Lipinski definition) is 3. The molecular weight excluding hydrogens is 174 g/mol. The molecule has 1 unspecified atom stereocenters. The quantitative estimate of drug-likeness (QED) is 0.256. The lowest BCUT2D eigenvalue weighted by Crippen LogP contribution is -2.44. The van der Waals surface area contributed by atoms with Gasteiger partial charge in [-0.25, -0.2) is 4.79 Å². The first kappa shape index (κ1) is 11.5. The van der Waals surface area contributed by atoms with E-state index >= 15 is 0 Å². The van der Waals surface area contributed by atoms with Gasteiger partial charge in [0.05, 0.1) is 12.6 Å². The normalized spacial score (nSPS) is 13.5. The van der Waals surface area contributed by atoms with Gasteiger partial charge in [0.25, 0.3) is 0 Å². The number of carbonyl (C=O) groups excluding carboxylic acids is 1. The molecule has 13 heavy (non-hydrogen) atoms. The van der Waals surface area contributed by atoms with E-state index < -0.39 is 12.1 Å². The molecule has 0 aromatic carbocycles. The van der Waals surface area contributed by atoms with Crippen molar-refractivity contribution in [3.63, 3.8) is 0 Å². The van der Waals surface area contributed by atoms with Crippen LogP contribution in [0.25, 0.3) is 0 Å². The van der Waals surface area contributed by atoms with Crippen LogP contribution in [0.4, 0.5) is 4.79 Å². The zero-order chi connectivity index (χ0) is 10.3. The Labute approximate surface area is 76.7 Å².